The van der Waals surface area contributed by atoms with E-state index in [0.717, 1.165) is 23.6 Å². The molecule has 1 saturated heterocycles. The lowest BCUT2D eigenvalue weighted by atomic mass is 9.56. The van der Waals surface area contributed by atoms with Crippen LogP contribution in [0.4, 0.5) is 4.39 Å². The Morgan fingerprint density at radius 3 is 2.82 bits per heavy atom. The van der Waals surface area contributed by atoms with Gasteiger partial charge in [0, 0.05) is 18.5 Å². The summed E-state index contributed by atoms with van der Waals surface area (Å²) >= 11 is 0. The van der Waals surface area contributed by atoms with Gasteiger partial charge >= 0.3 is 0 Å². The zero-order chi connectivity index (χ0) is 23.5. The van der Waals surface area contributed by atoms with Crippen molar-refractivity contribution in [3.8, 4) is 11.8 Å². The zero-order valence-corrected chi connectivity index (χ0v) is 19.6. The molecule has 8 nitrogen and oxygen atoms in total. The van der Waals surface area contributed by atoms with Crippen LogP contribution < -0.4 is 10.5 Å². The molecule has 2 aliphatic heterocycles. The van der Waals surface area contributed by atoms with Crippen LogP contribution in [0.3, 0.4) is 0 Å². The van der Waals surface area contributed by atoms with Gasteiger partial charge in [-0.15, -0.1) is 0 Å². The standard InChI is InChI=1S/C23H29FN4O4S/c1-13-5-21-23(12-32-13,27-22(26)28(2)33(21,29)30)19-9-18(3-4-20(19)24)31-11-17-8-16(10-25)14-6-15(17)7-14/h3-4,9,13-17,21H,5-8,11-12H2,1-2H3,(H2,26,27)/t13-,14?,15?,16?,17?,21+,23+/m0/s1. The van der Waals surface area contributed by atoms with E-state index in [0.29, 0.717) is 24.2 Å². The molecule has 2 bridgehead atoms. The number of nitrogens with zero attached hydrogens (tertiary/aromatic N) is 3. The highest BCUT2D eigenvalue weighted by molar-refractivity contribution is 7.90. The fourth-order valence-corrected chi connectivity index (χ4v) is 7.87. The second kappa shape index (κ2) is 7.84. The summed E-state index contributed by atoms with van der Waals surface area (Å²) in [7, 11) is -2.50. The van der Waals surface area contributed by atoms with Crippen LogP contribution in [0.25, 0.3) is 0 Å². The number of benzene rings is 1. The van der Waals surface area contributed by atoms with Gasteiger partial charge in [0.2, 0.25) is 16.0 Å². The smallest absolute Gasteiger partial charge is 0.243 e. The van der Waals surface area contributed by atoms with Crippen LogP contribution >= 0.6 is 0 Å². The van der Waals surface area contributed by atoms with Gasteiger partial charge in [-0.2, -0.15) is 5.26 Å². The summed E-state index contributed by atoms with van der Waals surface area (Å²) in [5.74, 6) is 1.13. The number of aliphatic imine (C=N–C) groups is 1. The average molecular weight is 477 g/mol. The van der Waals surface area contributed by atoms with Crippen molar-refractivity contribution in [2.45, 2.75) is 49.5 Å². The van der Waals surface area contributed by atoms with Gasteiger partial charge in [0.15, 0.2) is 0 Å². The van der Waals surface area contributed by atoms with Gasteiger partial charge < -0.3 is 15.2 Å². The topological polar surface area (TPSA) is 118 Å². The van der Waals surface area contributed by atoms with E-state index < -0.39 is 26.6 Å². The van der Waals surface area contributed by atoms with Crippen molar-refractivity contribution >= 4 is 16.0 Å². The maximum atomic E-state index is 15.2. The second-order valence-corrected chi connectivity index (χ2v) is 12.1. The van der Waals surface area contributed by atoms with Crippen molar-refractivity contribution < 1.29 is 22.3 Å². The maximum absolute atomic E-state index is 15.2. The van der Waals surface area contributed by atoms with Crippen LogP contribution in [-0.4, -0.2) is 50.3 Å². The first-order valence-corrected chi connectivity index (χ1v) is 12.9. The number of nitriles is 1. The molecule has 178 valence electrons. The van der Waals surface area contributed by atoms with E-state index in [-0.39, 0.29) is 42.5 Å². The van der Waals surface area contributed by atoms with Gasteiger partial charge in [-0.25, -0.2) is 22.1 Å². The Hall–Kier alpha value is -2.38. The number of fused-ring (bicyclic) bond motifs is 3. The second-order valence-electron chi connectivity index (χ2n) is 9.93. The fraction of sp³-hybridized carbons (Fsp3) is 0.652. The van der Waals surface area contributed by atoms with Crippen LogP contribution in [0.15, 0.2) is 23.2 Å². The highest BCUT2D eigenvalue weighted by atomic mass is 32.2. The van der Waals surface area contributed by atoms with Gasteiger partial charge in [-0.05, 0) is 68.6 Å². The summed E-state index contributed by atoms with van der Waals surface area (Å²) in [6, 6.07) is 6.78. The Balaban J connectivity index is 1.46. The van der Waals surface area contributed by atoms with Gasteiger partial charge in [0.05, 0.1) is 25.4 Å². The van der Waals surface area contributed by atoms with Crippen molar-refractivity contribution in [2.75, 3.05) is 20.3 Å². The van der Waals surface area contributed by atoms with E-state index in [1.807, 2.05) is 0 Å². The Morgan fingerprint density at radius 2 is 2.09 bits per heavy atom. The number of guanidine groups is 1. The average Bonchev–Trinajstić information content (AvgIpc) is 2.77. The minimum absolute atomic E-state index is 0.0788. The first kappa shape index (κ1) is 22.4. The molecular weight excluding hydrogens is 447 g/mol. The molecule has 5 atom stereocenters. The summed E-state index contributed by atoms with van der Waals surface area (Å²) in [4.78, 5) is 4.49. The number of halogens is 1. The summed E-state index contributed by atoms with van der Waals surface area (Å²) in [5, 5.41) is 8.39. The van der Waals surface area contributed by atoms with Crippen LogP contribution in [0.5, 0.6) is 5.75 Å². The molecule has 0 radical (unpaired) electrons. The van der Waals surface area contributed by atoms with Crippen LogP contribution in [-0.2, 0) is 20.3 Å². The first-order chi connectivity index (χ1) is 15.7. The van der Waals surface area contributed by atoms with Crippen LogP contribution in [0.2, 0.25) is 0 Å². The number of nitrogens with two attached hydrogens (primary N) is 1. The van der Waals surface area contributed by atoms with Crippen LogP contribution in [0.1, 0.15) is 38.2 Å². The zero-order valence-electron chi connectivity index (χ0n) is 18.8. The summed E-state index contributed by atoms with van der Waals surface area (Å²) < 4.78 is 54.5. The molecule has 2 heterocycles. The molecule has 3 saturated carbocycles. The molecule has 1 aromatic carbocycles. The number of ether oxygens (including phenoxy) is 2. The highest BCUT2D eigenvalue weighted by Crippen LogP contribution is 2.52. The van der Waals surface area contributed by atoms with Crippen LogP contribution in [0, 0.1) is 40.8 Å². The lowest BCUT2D eigenvalue weighted by molar-refractivity contribution is -0.0191. The molecule has 2 N–H and O–H groups in total. The minimum Gasteiger partial charge on any atom is -0.493 e. The molecule has 0 spiro atoms. The molecule has 4 fully saturated rings. The predicted octanol–water partition coefficient (Wildman–Crippen LogP) is 2.35. The summed E-state index contributed by atoms with van der Waals surface area (Å²) in [6.07, 6.45) is 2.83. The Labute approximate surface area is 193 Å². The lowest BCUT2D eigenvalue weighted by Crippen LogP contribution is -2.62. The summed E-state index contributed by atoms with van der Waals surface area (Å²) in [6.45, 7) is 2.14. The fourth-order valence-electron chi connectivity index (χ4n) is 5.93. The van der Waals surface area contributed by atoms with Gasteiger partial charge in [0.25, 0.3) is 0 Å². The molecule has 2 unspecified atom stereocenters. The van der Waals surface area contributed by atoms with Gasteiger partial charge in [0.1, 0.15) is 22.4 Å². The number of hydrogen-bond donors (Lipinski definition) is 1. The predicted molar refractivity (Wildman–Crippen MR) is 119 cm³/mol. The first-order valence-electron chi connectivity index (χ1n) is 11.4. The number of rotatable bonds is 4. The number of hydrogen-bond acceptors (Lipinski definition) is 7. The molecular formula is C23H29FN4O4S. The summed E-state index contributed by atoms with van der Waals surface area (Å²) in [5.41, 5.74) is 4.60. The van der Waals surface area contributed by atoms with Crippen molar-refractivity contribution in [1.82, 2.24) is 4.31 Å². The number of sulfonamides is 1. The van der Waals surface area contributed by atoms with E-state index in [2.05, 4.69) is 11.1 Å². The lowest BCUT2D eigenvalue weighted by Gasteiger charge is -2.49. The van der Waals surface area contributed by atoms with Gasteiger partial charge in [-0.3, -0.25) is 0 Å². The molecule has 3 aliphatic carbocycles. The van der Waals surface area contributed by atoms with E-state index in [4.69, 9.17) is 15.2 Å². The Kier molecular flexibility index (Phi) is 5.33. The van der Waals surface area contributed by atoms with E-state index in [9.17, 15) is 13.7 Å². The Bertz CT molecular complexity index is 1130. The molecule has 10 heteroatoms. The van der Waals surface area contributed by atoms with Gasteiger partial charge in [-0.1, -0.05) is 0 Å². The quantitative estimate of drug-likeness (QED) is 0.713. The molecule has 6 rings (SSSR count). The molecule has 0 amide bonds. The third-order valence-corrected chi connectivity index (χ3v) is 10.3. The normalized spacial score (nSPS) is 39.0. The monoisotopic (exact) mass is 476 g/mol. The molecule has 1 aromatic rings. The third kappa shape index (κ3) is 3.48. The largest absolute Gasteiger partial charge is 0.493 e. The third-order valence-electron chi connectivity index (χ3n) is 8.08. The molecule has 33 heavy (non-hydrogen) atoms. The maximum Gasteiger partial charge on any atom is 0.243 e. The molecule has 5 aliphatic rings. The molecule has 0 aromatic heterocycles. The van der Waals surface area contributed by atoms with E-state index >= 15 is 4.39 Å². The van der Waals surface area contributed by atoms with Crippen molar-refractivity contribution in [1.29, 1.82) is 5.26 Å². The minimum atomic E-state index is -3.86. The van der Waals surface area contributed by atoms with Crippen molar-refractivity contribution in [3.63, 3.8) is 0 Å². The van der Waals surface area contributed by atoms with Crippen molar-refractivity contribution in [2.24, 2.45) is 34.4 Å². The van der Waals surface area contributed by atoms with E-state index in [1.165, 1.54) is 19.2 Å². The highest BCUT2D eigenvalue weighted by Gasteiger charge is 2.57. The van der Waals surface area contributed by atoms with Crippen molar-refractivity contribution in [3.05, 3.63) is 29.6 Å². The van der Waals surface area contributed by atoms with E-state index in [1.54, 1.807) is 13.0 Å². The Morgan fingerprint density at radius 1 is 1.33 bits per heavy atom. The SMILES string of the molecule is C[C@H]1C[C@@H]2[C@](c3cc(OCC4CC(C#N)C5CC4C5)ccc3F)(CO1)N=C(N)N(C)S2(=O)=O.